The normalized spacial score (nSPS) is 18.6. The number of ketones is 1. The summed E-state index contributed by atoms with van der Waals surface area (Å²) in [6, 6.07) is 20.8. The number of hydrogen-bond acceptors (Lipinski definition) is 3. The Hall–Kier alpha value is -1.75. The second-order valence-corrected chi connectivity index (χ2v) is 11.9. The number of carbonyl (C=O) groups excluding carboxylic acids is 1. The fourth-order valence-corrected chi connectivity index (χ4v) is 8.25. The highest BCUT2D eigenvalue weighted by molar-refractivity contribution is 6.99. The Morgan fingerprint density at radius 2 is 1.48 bits per heavy atom. The third kappa shape index (κ3) is 3.47. The molecule has 2 atom stereocenters. The lowest BCUT2D eigenvalue weighted by atomic mass is 10.2. The van der Waals surface area contributed by atoms with Crippen LogP contribution in [-0.2, 0) is 14.0 Å². The summed E-state index contributed by atoms with van der Waals surface area (Å²) in [6.07, 6.45) is -0.620. The molecule has 3 nitrogen and oxygen atoms in total. The number of Topliss-reactive ketones (excluding diaryl/α,β-unsaturated/α-hetero) is 1. The summed E-state index contributed by atoms with van der Waals surface area (Å²) in [6.45, 7) is 8.84. The maximum Gasteiger partial charge on any atom is 0.262 e. The van der Waals surface area contributed by atoms with Gasteiger partial charge in [0.1, 0.15) is 12.2 Å². The van der Waals surface area contributed by atoms with Crippen molar-refractivity contribution in [1.82, 2.24) is 0 Å². The van der Waals surface area contributed by atoms with Crippen LogP contribution in [0.3, 0.4) is 0 Å². The molecule has 25 heavy (non-hydrogen) atoms. The van der Waals surface area contributed by atoms with E-state index in [1.54, 1.807) is 6.92 Å². The molecular weight excluding hydrogens is 328 g/mol. The van der Waals surface area contributed by atoms with E-state index in [1.807, 2.05) is 36.4 Å². The molecule has 1 aliphatic rings. The molecule has 2 aromatic rings. The molecule has 0 N–H and O–H groups in total. The molecule has 0 aliphatic carbocycles. The largest absolute Gasteiger partial charge is 0.395 e. The number of ether oxygens (including phenoxy) is 1. The molecule has 0 unspecified atom stereocenters. The summed E-state index contributed by atoms with van der Waals surface area (Å²) in [4.78, 5) is 12.3. The summed E-state index contributed by atoms with van der Waals surface area (Å²) in [5, 5.41) is 2.22. The van der Waals surface area contributed by atoms with Gasteiger partial charge in [0, 0.05) is 0 Å². The minimum absolute atomic E-state index is 0.0375. The quantitative estimate of drug-likeness (QED) is 0.591. The molecule has 1 aliphatic heterocycles. The minimum Gasteiger partial charge on any atom is -0.395 e. The van der Waals surface area contributed by atoms with Crippen molar-refractivity contribution in [3.8, 4) is 0 Å². The van der Waals surface area contributed by atoms with E-state index in [0.717, 1.165) is 0 Å². The molecule has 1 fully saturated rings. The second-order valence-electron chi connectivity index (χ2n) is 7.68. The SMILES string of the molecule is CC(=O)[C@@H](O[Si](c1ccccc1)(c1ccccc1)C(C)(C)C)[C@H]1CO1. The lowest BCUT2D eigenvalue weighted by Crippen LogP contribution is -2.68. The Bertz CT molecular complexity index is 678. The molecule has 0 saturated carbocycles. The van der Waals surface area contributed by atoms with E-state index in [2.05, 4.69) is 45.0 Å². The molecule has 132 valence electrons. The van der Waals surface area contributed by atoms with E-state index in [0.29, 0.717) is 6.61 Å². The minimum atomic E-state index is -2.70. The number of epoxide rings is 1. The molecule has 3 rings (SSSR count). The van der Waals surface area contributed by atoms with Gasteiger partial charge >= 0.3 is 0 Å². The van der Waals surface area contributed by atoms with Crippen molar-refractivity contribution in [2.24, 2.45) is 0 Å². The molecule has 1 saturated heterocycles. The Morgan fingerprint density at radius 1 is 1.04 bits per heavy atom. The number of carbonyl (C=O) groups is 1. The van der Waals surface area contributed by atoms with Crippen LogP contribution in [0, 0.1) is 0 Å². The van der Waals surface area contributed by atoms with Crippen LogP contribution in [0.2, 0.25) is 5.04 Å². The number of benzene rings is 2. The first-order valence-electron chi connectivity index (χ1n) is 8.77. The van der Waals surface area contributed by atoms with Crippen molar-refractivity contribution >= 4 is 24.5 Å². The number of rotatable bonds is 6. The van der Waals surface area contributed by atoms with Crippen LogP contribution in [0.1, 0.15) is 27.7 Å². The van der Waals surface area contributed by atoms with Gasteiger partial charge in [-0.1, -0.05) is 81.4 Å². The van der Waals surface area contributed by atoms with E-state index in [9.17, 15) is 4.79 Å². The average molecular weight is 355 g/mol. The van der Waals surface area contributed by atoms with E-state index in [1.165, 1.54) is 10.4 Å². The van der Waals surface area contributed by atoms with Gasteiger partial charge in [0.15, 0.2) is 5.78 Å². The van der Waals surface area contributed by atoms with Gasteiger partial charge in [-0.05, 0) is 22.3 Å². The predicted octanol–water partition coefficient (Wildman–Crippen LogP) is 2.92. The molecule has 0 bridgehead atoms. The Morgan fingerprint density at radius 3 is 1.80 bits per heavy atom. The Labute approximate surface area is 151 Å². The van der Waals surface area contributed by atoms with Gasteiger partial charge in [-0.2, -0.15) is 0 Å². The van der Waals surface area contributed by atoms with Crippen molar-refractivity contribution in [2.45, 2.75) is 44.9 Å². The highest BCUT2D eigenvalue weighted by Crippen LogP contribution is 2.38. The van der Waals surface area contributed by atoms with Crippen LogP contribution < -0.4 is 10.4 Å². The van der Waals surface area contributed by atoms with Gasteiger partial charge in [-0.25, -0.2) is 0 Å². The van der Waals surface area contributed by atoms with Crippen molar-refractivity contribution in [3.05, 3.63) is 60.7 Å². The van der Waals surface area contributed by atoms with Gasteiger partial charge < -0.3 is 9.16 Å². The summed E-state index contributed by atoms with van der Waals surface area (Å²) >= 11 is 0. The third-order valence-electron chi connectivity index (χ3n) is 4.82. The van der Waals surface area contributed by atoms with E-state index < -0.39 is 14.4 Å². The van der Waals surface area contributed by atoms with Crippen molar-refractivity contribution in [1.29, 1.82) is 0 Å². The smallest absolute Gasteiger partial charge is 0.262 e. The summed E-state index contributed by atoms with van der Waals surface area (Å²) in [5.41, 5.74) is 0. The predicted molar refractivity (Wildman–Crippen MR) is 103 cm³/mol. The Kier molecular flexibility index (Phi) is 4.96. The fourth-order valence-electron chi connectivity index (χ4n) is 3.53. The zero-order valence-corrected chi connectivity index (χ0v) is 16.4. The van der Waals surface area contributed by atoms with Crippen molar-refractivity contribution < 1.29 is 14.0 Å². The molecule has 0 aromatic heterocycles. The second kappa shape index (κ2) is 6.87. The van der Waals surface area contributed by atoms with Crippen LogP contribution in [-0.4, -0.2) is 32.9 Å². The lowest BCUT2D eigenvalue weighted by molar-refractivity contribution is -0.124. The first-order valence-corrected chi connectivity index (χ1v) is 10.7. The molecule has 4 heteroatoms. The molecule has 2 aromatic carbocycles. The Balaban J connectivity index is 2.20. The van der Waals surface area contributed by atoms with Crippen LogP contribution in [0.5, 0.6) is 0 Å². The zero-order valence-electron chi connectivity index (χ0n) is 15.4. The van der Waals surface area contributed by atoms with Gasteiger partial charge in [0.05, 0.1) is 6.61 Å². The maximum absolute atomic E-state index is 12.3. The van der Waals surface area contributed by atoms with Crippen LogP contribution >= 0.6 is 0 Å². The maximum atomic E-state index is 12.3. The lowest BCUT2D eigenvalue weighted by Gasteiger charge is -2.44. The molecule has 0 amide bonds. The molecular formula is C21H26O3Si. The first-order chi connectivity index (χ1) is 11.9. The molecule has 0 radical (unpaired) electrons. The standard InChI is InChI=1S/C21H26O3Si/c1-16(22)20(19-15-23-19)24-25(21(2,3)4,17-11-7-5-8-12-17)18-13-9-6-10-14-18/h5-14,19-20H,15H2,1-4H3/t19-,20-/m1/s1. The summed E-state index contributed by atoms with van der Waals surface area (Å²) in [7, 11) is -2.70. The topological polar surface area (TPSA) is 38.8 Å². The van der Waals surface area contributed by atoms with Gasteiger partial charge in [0.25, 0.3) is 8.32 Å². The monoisotopic (exact) mass is 354 g/mol. The highest BCUT2D eigenvalue weighted by Gasteiger charge is 2.54. The summed E-state index contributed by atoms with van der Waals surface area (Å²) in [5.74, 6) is 0.0375. The van der Waals surface area contributed by atoms with Crippen molar-refractivity contribution in [2.75, 3.05) is 6.61 Å². The van der Waals surface area contributed by atoms with Crippen LogP contribution in [0.15, 0.2) is 60.7 Å². The first kappa shape index (κ1) is 18.1. The van der Waals surface area contributed by atoms with E-state index in [-0.39, 0.29) is 16.9 Å². The third-order valence-corrected chi connectivity index (χ3v) is 9.83. The fraction of sp³-hybridized carbons (Fsp3) is 0.381. The van der Waals surface area contributed by atoms with E-state index >= 15 is 0 Å². The molecule has 1 heterocycles. The van der Waals surface area contributed by atoms with Gasteiger partial charge in [-0.3, -0.25) is 4.79 Å². The zero-order chi connectivity index (χ0) is 18.1. The van der Waals surface area contributed by atoms with Gasteiger partial charge in [0.2, 0.25) is 0 Å². The average Bonchev–Trinajstić information content (AvgIpc) is 3.41. The van der Waals surface area contributed by atoms with Crippen LogP contribution in [0.25, 0.3) is 0 Å². The van der Waals surface area contributed by atoms with Gasteiger partial charge in [-0.15, -0.1) is 0 Å². The van der Waals surface area contributed by atoms with Crippen molar-refractivity contribution in [3.63, 3.8) is 0 Å². The molecule has 0 spiro atoms. The van der Waals surface area contributed by atoms with Crippen LogP contribution in [0.4, 0.5) is 0 Å². The summed E-state index contributed by atoms with van der Waals surface area (Å²) < 4.78 is 12.3. The van der Waals surface area contributed by atoms with E-state index in [4.69, 9.17) is 9.16 Å². The highest BCUT2D eigenvalue weighted by atomic mass is 28.4. The number of hydrogen-bond donors (Lipinski definition) is 0.